The molecule has 14 heteroatoms. The monoisotopic (exact) mass is 606 g/mol. The number of hydrogen-bond acceptors (Lipinski definition) is 6. The fraction of sp³-hybridized carbons (Fsp3) is 0.500. The van der Waals surface area contributed by atoms with Crippen molar-refractivity contribution in [2.24, 2.45) is 0 Å². The molecule has 2 aromatic carbocycles. The molecule has 0 aromatic heterocycles. The molecule has 232 valence electrons. The van der Waals surface area contributed by atoms with Crippen LogP contribution in [0, 0.1) is 0 Å². The van der Waals surface area contributed by atoms with Gasteiger partial charge in [0.2, 0.25) is 0 Å². The van der Waals surface area contributed by atoms with Crippen LogP contribution in [-0.4, -0.2) is 51.1 Å². The highest BCUT2D eigenvalue weighted by Crippen LogP contribution is 2.47. The van der Waals surface area contributed by atoms with Crippen molar-refractivity contribution in [3.8, 4) is 11.5 Å². The predicted octanol–water partition coefficient (Wildman–Crippen LogP) is 7.59. The fourth-order valence-corrected chi connectivity index (χ4v) is 4.83. The minimum atomic E-state index is -5.07. The molecule has 0 saturated carbocycles. The summed E-state index contributed by atoms with van der Waals surface area (Å²) in [7, 11) is 3.78. The first-order valence-corrected chi connectivity index (χ1v) is 13.0. The molecule has 1 aliphatic rings. The normalized spacial score (nSPS) is 16.9. The zero-order chi connectivity index (χ0) is 31.4. The van der Waals surface area contributed by atoms with Gasteiger partial charge in [-0.05, 0) is 49.6 Å². The lowest BCUT2D eigenvalue weighted by atomic mass is 9.90. The number of ether oxygens (including phenoxy) is 4. The first-order valence-electron chi connectivity index (χ1n) is 13.0. The average Bonchev–Trinajstić information content (AvgIpc) is 2.93. The molecule has 2 atom stereocenters. The van der Waals surface area contributed by atoms with Crippen LogP contribution in [-0.2, 0) is 28.4 Å². The number of halogens is 6. The lowest BCUT2D eigenvalue weighted by molar-refractivity contribution is -0.143. The van der Waals surface area contributed by atoms with Crippen molar-refractivity contribution >= 4 is 17.9 Å². The van der Waals surface area contributed by atoms with Gasteiger partial charge < -0.3 is 18.9 Å². The van der Waals surface area contributed by atoms with E-state index < -0.39 is 59.9 Å². The van der Waals surface area contributed by atoms with Crippen LogP contribution in [0.15, 0.2) is 30.3 Å². The van der Waals surface area contributed by atoms with Crippen LogP contribution in [0.1, 0.15) is 61.4 Å². The summed E-state index contributed by atoms with van der Waals surface area (Å²) in [4.78, 5) is 28.6. The molecule has 2 unspecified atom stereocenters. The highest BCUT2D eigenvalue weighted by molar-refractivity contribution is 5.91. The number of hydrogen-bond donors (Lipinski definition) is 0. The van der Waals surface area contributed by atoms with E-state index in [4.69, 9.17) is 18.9 Å². The molecule has 3 rings (SSSR count). The van der Waals surface area contributed by atoms with Gasteiger partial charge in [0, 0.05) is 24.2 Å². The fourth-order valence-electron chi connectivity index (χ4n) is 4.83. The standard InChI is InChI=1S/C28H32F6N2O6/c1-6-7-8-42-26(38)36-16(2)9-21(20-13-23(39-3)24(40-4)14-22(20)36)35(25(37)41-5)15-17-10-18(27(29,30)31)12-19(11-17)28(32,33)34/h10-14,16,21H,6-9,15H2,1-5H3. The first kappa shape index (κ1) is 32.7. The Morgan fingerprint density at radius 3 is 2.00 bits per heavy atom. The van der Waals surface area contributed by atoms with Crippen LogP contribution < -0.4 is 14.4 Å². The Morgan fingerprint density at radius 1 is 0.929 bits per heavy atom. The Kier molecular flexibility index (Phi) is 10.1. The van der Waals surface area contributed by atoms with E-state index in [1.54, 1.807) is 6.92 Å². The zero-order valence-corrected chi connectivity index (χ0v) is 23.7. The van der Waals surface area contributed by atoms with Gasteiger partial charge in [-0.25, -0.2) is 9.59 Å². The number of amides is 2. The number of alkyl halides is 6. The van der Waals surface area contributed by atoms with Crippen molar-refractivity contribution < 1.29 is 54.9 Å². The molecule has 0 aliphatic carbocycles. The number of fused-ring (bicyclic) bond motifs is 1. The average molecular weight is 607 g/mol. The summed E-state index contributed by atoms with van der Waals surface area (Å²) in [6.07, 6.45) is -10.3. The smallest absolute Gasteiger partial charge is 0.416 e. The number of rotatable bonds is 8. The zero-order valence-electron chi connectivity index (χ0n) is 23.7. The molecule has 0 N–H and O–H groups in total. The van der Waals surface area contributed by atoms with E-state index in [0.717, 1.165) is 18.4 Å². The molecule has 8 nitrogen and oxygen atoms in total. The SMILES string of the molecule is CCCCOC(=O)N1c2cc(OC)c(OC)cc2C(N(Cc2cc(C(F)(F)F)cc(C(F)(F)F)c2)C(=O)OC)CC1C. The van der Waals surface area contributed by atoms with Gasteiger partial charge in [-0.15, -0.1) is 0 Å². The lowest BCUT2D eigenvalue weighted by Crippen LogP contribution is -2.47. The molecule has 1 aliphatic heterocycles. The second kappa shape index (κ2) is 13.0. The van der Waals surface area contributed by atoms with Gasteiger partial charge in [0.25, 0.3) is 0 Å². The van der Waals surface area contributed by atoms with Crippen molar-refractivity contribution in [1.29, 1.82) is 0 Å². The molecule has 0 saturated heterocycles. The van der Waals surface area contributed by atoms with Crippen LogP contribution in [0.3, 0.4) is 0 Å². The van der Waals surface area contributed by atoms with Crippen molar-refractivity contribution in [2.75, 3.05) is 32.8 Å². The molecular formula is C28H32F6N2O6. The third kappa shape index (κ3) is 7.13. The van der Waals surface area contributed by atoms with Crippen LogP contribution in [0.4, 0.5) is 41.6 Å². The molecule has 2 amide bonds. The van der Waals surface area contributed by atoms with E-state index >= 15 is 0 Å². The Labute approximate surface area is 239 Å². The van der Waals surface area contributed by atoms with E-state index in [0.29, 0.717) is 24.1 Å². The number of carbonyl (C=O) groups excluding carboxylic acids is 2. The minimum Gasteiger partial charge on any atom is -0.493 e. The van der Waals surface area contributed by atoms with Gasteiger partial charge >= 0.3 is 24.5 Å². The van der Waals surface area contributed by atoms with E-state index in [9.17, 15) is 35.9 Å². The van der Waals surface area contributed by atoms with Crippen LogP contribution in [0.25, 0.3) is 0 Å². The summed E-state index contributed by atoms with van der Waals surface area (Å²) in [6, 6.07) is 2.57. The Bertz CT molecular complexity index is 1250. The van der Waals surface area contributed by atoms with Crippen LogP contribution >= 0.6 is 0 Å². The lowest BCUT2D eigenvalue weighted by Gasteiger charge is -2.42. The minimum absolute atomic E-state index is 0.0170. The quantitative estimate of drug-likeness (QED) is 0.228. The van der Waals surface area contributed by atoms with Crippen molar-refractivity contribution in [3.05, 3.63) is 52.6 Å². The number of anilines is 1. The van der Waals surface area contributed by atoms with E-state index in [1.807, 2.05) is 6.92 Å². The third-order valence-corrected chi connectivity index (χ3v) is 6.86. The van der Waals surface area contributed by atoms with Crippen LogP contribution in [0.2, 0.25) is 0 Å². The molecule has 2 aromatic rings. The summed E-state index contributed by atoms with van der Waals surface area (Å²) >= 11 is 0. The summed E-state index contributed by atoms with van der Waals surface area (Å²) in [6.45, 7) is 3.11. The number of benzene rings is 2. The second-order valence-corrected chi connectivity index (χ2v) is 9.72. The van der Waals surface area contributed by atoms with E-state index in [-0.39, 0.29) is 36.3 Å². The highest BCUT2D eigenvalue weighted by Gasteiger charge is 2.41. The van der Waals surface area contributed by atoms with Crippen molar-refractivity contribution in [2.45, 2.75) is 64.1 Å². The number of unbranched alkanes of at least 4 members (excludes halogenated alkanes) is 1. The molecular weight excluding hydrogens is 574 g/mol. The summed E-state index contributed by atoms with van der Waals surface area (Å²) in [5, 5.41) is 0. The number of nitrogens with zero attached hydrogens (tertiary/aromatic N) is 2. The van der Waals surface area contributed by atoms with Gasteiger partial charge in [0.15, 0.2) is 11.5 Å². The van der Waals surface area contributed by atoms with Crippen LogP contribution in [0.5, 0.6) is 11.5 Å². The third-order valence-electron chi connectivity index (χ3n) is 6.86. The molecule has 0 spiro atoms. The Balaban J connectivity index is 2.17. The number of methoxy groups -OCH3 is 3. The molecule has 1 heterocycles. The molecule has 0 radical (unpaired) electrons. The topological polar surface area (TPSA) is 77.5 Å². The van der Waals surface area contributed by atoms with Gasteiger partial charge in [0.05, 0.1) is 50.8 Å². The predicted molar refractivity (Wildman–Crippen MR) is 139 cm³/mol. The first-order chi connectivity index (χ1) is 19.7. The van der Waals surface area contributed by atoms with Gasteiger partial charge in [-0.1, -0.05) is 13.3 Å². The Morgan fingerprint density at radius 2 is 1.50 bits per heavy atom. The summed E-state index contributed by atoms with van der Waals surface area (Å²) in [5.74, 6) is 0.464. The van der Waals surface area contributed by atoms with E-state index in [1.165, 1.54) is 31.3 Å². The largest absolute Gasteiger partial charge is 0.493 e. The van der Waals surface area contributed by atoms with Gasteiger partial charge in [-0.2, -0.15) is 26.3 Å². The van der Waals surface area contributed by atoms with E-state index in [2.05, 4.69) is 0 Å². The maximum absolute atomic E-state index is 13.5. The number of carbonyl (C=O) groups is 2. The summed E-state index contributed by atoms with van der Waals surface area (Å²) in [5.41, 5.74) is -2.85. The molecule has 0 bridgehead atoms. The molecule has 42 heavy (non-hydrogen) atoms. The van der Waals surface area contributed by atoms with Crippen molar-refractivity contribution in [1.82, 2.24) is 4.90 Å². The summed E-state index contributed by atoms with van der Waals surface area (Å²) < 4.78 is 102. The second-order valence-electron chi connectivity index (χ2n) is 9.72. The maximum Gasteiger partial charge on any atom is 0.416 e. The van der Waals surface area contributed by atoms with Gasteiger partial charge in [-0.3, -0.25) is 9.80 Å². The van der Waals surface area contributed by atoms with Crippen molar-refractivity contribution in [3.63, 3.8) is 0 Å². The Hall–Kier alpha value is -3.84. The molecule has 0 fully saturated rings. The van der Waals surface area contributed by atoms with Gasteiger partial charge in [0.1, 0.15) is 0 Å². The maximum atomic E-state index is 13.5. The highest BCUT2D eigenvalue weighted by atomic mass is 19.4.